The normalized spacial score (nSPS) is 14.6. The Kier molecular flexibility index (Phi) is 6.17. The zero-order valence-electron chi connectivity index (χ0n) is 11.9. The summed E-state index contributed by atoms with van der Waals surface area (Å²) in [6, 6.07) is 3.87. The van der Waals surface area contributed by atoms with E-state index >= 15 is 0 Å². The molecule has 0 bridgehead atoms. The Morgan fingerprint density at radius 1 is 1.33 bits per heavy atom. The molecule has 1 aromatic rings. The molecular formula is C14H19F3N2O2. The molecule has 0 fully saturated rings. The van der Waals surface area contributed by atoms with Gasteiger partial charge in [-0.1, -0.05) is 12.1 Å². The molecule has 3 N–H and O–H groups in total. The average molecular weight is 304 g/mol. The first-order valence-corrected chi connectivity index (χ1v) is 6.45. The molecule has 0 saturated carbocycles. The zero-order chi connectivity index (χ0) is 16.0. The van der Waals surface area contributed by atoms with Crippen molar-refractivity contribution in [2.75, 3.05) is 13.7 Å². The van der Waals surface area contributed by atoms with Crippen LogP contribution in [0.15, 0.2) is 24.3 Å². The minimum absolute atomic E-state index is 0.110. The Balaban J connectivity index is 2.55. The van der Waals surface area contributed by atoms with Crippen LogP contribution in [0, 0.1) is 0 Å². The summed E-state index contributed by atoms with van der Waals surface area (Å²) in [5.41, 5.74) is 5.59. The minimum atomic E-state index is -4.34. The number of methoxy groups -OCH3 is 1. The van der Waals surface area contributed by atoms with Crippen molar-refractivity contribution < 1.29 is 22.7 Å². The largest absolute Gasteiger partial charge is 0.416 e. The highest BCUT2D eigenvalue weighted by molar-refractivity contribution is 5.81. The van der Waals surface area contributed by atoms with Crippen molar-refractivity contribution >= 4 is 5.91 Å². The van der Waals surface area contributed by atoms with Crippen LogP contribution < -0.4 is 11.1 Å². The summed E-state index contributed by atoms with van der Waals surface area (Å²) in [5, 5.41) is 2.69. The van der Waals surface area contributed by atoms with Crippen LogP contribution in [0.5, 0.6) is 0 Å². The fraction of sp³-hybridized carbons (Fsp3) is 0.500. The molecule has 0 saturated heterocycles. The van der Waals surface area contributed by atoms with E-state index in [0.29, 0.717) is 12.0 Å². The van der Waals surface area contributed by atoms with Gasteiger partial charge in [-0.2, -0.15) is 13.2 Å². The van der Waals surface area contributed by atoms with Gasteiger partial charge in [0.1, 0.15) is 6.04 Å². The van der Waals surface area contributed by atoms with Crippen molar-refractivity contribution in [2.24, 2.45) is 5.73 Å². The van der Waals surface area contributed by atoms with E-state index < -0.39 is 17.8 Å². The van der Waals surface area contributed by atoms with Crippen molar-refractivity contribution in [1.82, 2.24) is 5.32 Å². The van der Waals surface area contributed by atoms with E-state index in [1.54, 1.807) is 6.92 Å². The van der Waals surface area contributed by atoms with Crippen molar-refractivity contribution in [2.45, 2.75) is 31.6 Å². The second-order valence-electron chi connectivity index (χ2n) is 4.87. The molecule has 0 aliphatic rings. The molecule has 0 spiro atoms. The van der Waals surface area contributed by atoms with E-state index in [9.17, 15) is 18.0 Å². The van der Waals surface area contributed by atoms with Crippen LogP contribution in [0.2, 0.25) is 0 Å². The maximum Gasteiger partial charge on any atom is 0.416 e. The van der Waals surface area contributed by atoms with Gasteiger partial charge >= 0.3 is 6.18 Å². The van der Waals surface area contributed by atoms with Crippen molar-refractivity contribution in [3.63, 3.8) is 0 Å². The molecule has 0 aromatic heterocycles. The second-order valence-corrected chi connectivity index (χ2v) is 4.87. The molecule has 7 heteroatoms. The quantitative estimate of drug-likeness (QED) is 0.841. The summed E-state index contributed by atoms with van der Waals surface area (Å²) in [5.74, 6) is -0.351. The van der Waals surface area contributed by atoms with Gasteiger partial charge in [0.15, 0.2) is 0 Å². The molecular weight excluding hydrogens is 285 g/mol. The lowest BCUT2D eigenvalue weighted by atomic mass is 10.0. The highest BCUT2D eigenvalue weighted by atomic mass is 19.4. The second kappa shape index (κ2) is 7.42. The summed E-state index contributed by atoms with van der Waals surface area (Å²) in [4.78, 5) is 11.7. The molecule has 2 atom stereocenters. The molecule has 1 rings (SSSR count). The van der Waals surface area contributed by atoms with E-state index in [-0.39, 0.29) is 18.6 Å². The van der Waals surface area contributed by atoms with Gasteiger partial charge in [0.05, 0.1) is 12.2 Å². The van der Waals surface area contributed by atoms with Gasteiger partial charge in [-0.05, 0) is 31.0 Å². The highest BCUT2D eigenvalue weighted by Crippen LogP contribution is 2.29. The number of amides is 1. The first-order valence-electron chi connectivity index (χ1n) is 6.45. The number of ether oxygens (including phenoxy) is 1. The van der Waals surface area contributed by atoms with E-state index in [1.165, 1.54) is 19.2 Å². The molecule has 118 valence electrons. The standard InChI is InChI=1S/C14H19F3N2O2/c1-9(19-13(20)12(18)8-21-2)7-10-3-5-11(6-4-10)14(15,16)17/h3-6,9,12H,7-8,18H2,1-2H3,(H,19,20). The van der Waals surface area contributed by atoms with Gasteiger partial charge in [0.2, 0.25) is 5.91 Å². The third kappa shape index (κ3) is 5.73. The van der Waals surface area contributed by atoms with Crippen LogP contribution in [0.1, 0.15) is 18.1 Å². The van der Waals surface area contributed by atoms with Crippen molar-refractivity contribution in [3.8, 4) is 0 Å². The predicted octanol–water partition coefficient (Wildman–Crippen LogP) is 1.73. The molecule has 4 nitrogen and oxygen atoms in total. The lowest BCUT2D eigenvalue weighted by molar-refractivity contribution is -0.137. The van der Waals surface area contributed by atoms with Crippen LogP contribution >= 0.6 is 0 Å². The van der Waals surface area contributed by atoms with Gasteiger partial charge in [-0.25, -0.2) is 0 Å². The Bertz CT molecular complexity index is 460. The first-order chi connectivity index (χ1) is 9.74. The SMILES string of the molecule is COCC(N)C(=O)NC(C)Cc1ccc(C(F)(F)F)cc1. The fourth-order valence-electron chi connectivity index (χ4n) is 1.84. The predicted molar refractivity (Wildman–Crippen MR) is 72.6 cm³/mol. The molecule has 1 amide bonds. The Morgan fingerprint density at radius 2 is 1.90 bits per heavy atom. The fourth-order valence-corrected chi connectivity index (χ4v) is 1.84. The number of nitrogens with two attached hydrogens (primary N) is 1. The molecule has 1 aromatic carbocycles. The monoisotopic (exact) mass is 304 g/mol. The topological polar surface area (TPSA) is 64.3 Å². The number of carbonyl (C=O) groups excluding carboxylic acids is 1. The number of benzene rings is 1. The Morgan fingerprint density at radius 3 is 2.38 bits per heavy atom. The van der Waals surface area contributed by atoms with Gasteiger partial charge in [-0.3, -0.25) is 4.79 Å². The van der Waals surface area contributed by atoms with E-state index in [1.807, 2.05) is 0 Å². The third-order valence-electron chi connectivity index (χ3n) is 2.89. The Hall–Kier alpha value is -1.60. The van der Waals surface area contributed by atoms with Crippen LogP contribution in [-0.4, -0.2) is 31.7 Å². The van der Waals surface area contributed by atoms with Crippen molar-refractivity contribution in [1.29, 1.82) is 0 Å². The number of hydrogen-bond acceptors (Lipinski definition) is 3. The van der Waals surface area contributed by atoms with Gasteiger partial charge in [0.25, 0.3) is 0 Å². The van der Waals surface area contributed by atoms with Gasteiger partial charge < -0.3 is 15.8 Å². The van der Waals surface area contributed by atoms with Crippen molar-refractivity contribution in [3.05, 3.63) is 35.4 Å². The van der Waals surface area contributed by atoms with Gasteiger partial charge in [-0.15, -0.1) is 0 Å². The third-order valence-corrected chi connectivity index (χ3v) is 2.89. The molecule has 0 radical (unpaired) electrons. The van der Waals surface area contributed by atoms with E-state index in [4.69, 9.17) is 10.5 Å². The number of rotatable bonds is 6. The van der Waals surface area contributed by atoms with Crippen LogP contribution in [0.25, 0.3) is 0 Å². The van der Waals surface area contributed by atoms with E-state index in [2.05, 4.69) is 5.32 Å². The summed E-state index contributed by atoms with van der Waals surface area (Å²) < 4.78 is 42.1. The zero-order valence-corrected chi connectivity index (χ0v) is 11.9. The lowest BCUT2D eigenvalue weighted by Gasteiger charge is -2.17. The average Bonchev–Trinajstić information content (AvgIpc) is 2.38. The number of alkyl halides is 3. The van der Waals surface area contributed by atoms with Crippen LogP contribution in [0.4, 0.5) is 13.2 Å². The minimum Gasteiger partial charge on any atom is -0.383 e. The Labute approximate surface area is 121 Å². The summed E-state index contributed by atoms with van der Waals surface area (Å²) in [6.45, 7) is 1.87. The molecule has 0 aliphatic carbocycles. The molecule has 2 unspecified atom stereocenters. The highest BCUT2D eigenvalue weighted by Gasteiger charge is 2.29. The van der Waals surface area contributed by atoms with Gasteiger partial charge in [0, 0.05) is 13.2 Å². The summed E-state index contributed by atoms with van der Waals surface area (Å²) in [7, 11) is 1.44. The number of carbonyl (C=O) groups is 1. The maximum atomic E-state index is 12.4. The van der Waals surface area contributed by atoms with E-state index in [0.717, 1.165) is 12.1 Å². The first kappa shape index (κ1) is 17.5. The molecule has 0 aliphatic heterocycles. The number of hydrogen-bond donors (Lipinski definition) is 2. The smallest absolute Gasteiger partial charge is 0.383 e. The lowest BCUT2D eigenvalue weighted by Crippen LogP contribution is -2.47. The van der Waals surface area contributed by atoms with Crippen LogP contribution in [-0.2, 0) is 22.1 Å². The summed E-state index contributed by atoms with van der Waals surface area (Å²) >= 11 is 0. The maximum absolute atomic E-state index is 12.4. The summed E-state index contributed by atoms with van der Waals surface area (Å²) in [6.07, 6.45) is -3.92. The number of nitrogens with one attached hydrogen (secondary N) is 1. The van der Waals surface area contributed by atoms with Crippen LogP contribution in [0.3, 0.4) is 0 Å². The molecule has 0 heterocycles. The number of halogens is 3. The molecule has 21 heavy (non-hydrogen) atoms.